The first-order valence-electron chi connectivity index (χ1n) is 6.72. The van der Waals surface area contributed by atoms with E-state index in [9.17, 15) is 0 Å². The van der Waals surface area contributed by atoms with Crippen molar-refractivity contribution < 1.29 is 0 Å². The molecule has 1 aromatic carbocycles. The van der Waals surface area contributed by atoms with Crippen LogP contribution in [-0.4, -0.2) is 11.5 Å². The molecule has 0 aliphatic heterocycles. The molecule has 1 aromatic heterocycles. The molecule has 0 amide bonds. The molecule has 1 N–H and O–H groups in total. The number of rotatable bonds is 5. The molecular weight excluding hydrogens is 291 g/mol. The van der Waals surface area contributed by atoms with Gasteiger partial charge in [0.05, 0.1) is 6.04 Å². The number of pyridine rings is 1. The standard InChI is InChI=1S/C16H18Cl2N2/c1-3-8-19-16(12-5-4-11(2)20-10-12)14-7-6-13(17)9-15(14)18/h4-7,9-10,16,19H,3,8H2,1-2H3. The van der Waals surface area contributed by atoms with E-state index in [0.29, 0.717) is 10.0 Å². The number of nitrogens with zero attached hydrogens (tertiary/aromatic N) is 1. The van der Waals surface area contributed by atoms with Gasteiger partial charge in [-0.05, 0) is 49.2 Å². The van der Waals surface area contributed by atoms with Crippen LogP contribution in [0.2, 0.25) is 10.0 Å². The first-order chi connectivity index (χ1) is 9.61. The zero-order valence-electron chi connectivity index (χ0n) is 11.7. The van der Waals surface area contributed by atoms with E-state index in [0.717, 1.165) is 29.8 Å². The van der Waals surface area contributed by atoms with Crippen molar-refractivity contribution in [2.75, 3.05) is 6.54 Å². The summed E-state index contributed by atoms with van der Waals surface area (Å²) in [6.45, 7) is 5.03. The van der Waals surface area contributed by atoms with Gasteiger partial charge in [-0.3, -0.25) is 4.98 Å². The van der Waals surface area contributed by atoms with Crippen molar-refractivity contribution in [1.82, 2.24) is 10.3 Å². The van der Waals surface area contributed by atoms with Gasteiger partial charge in [0.1, 0.15) is 0 Å². The van der Waals surface area contributed by atoms with Gasteiger partial charge >= 0.3 is 0 Å². The number of aromatic nitrogens is 1. The Morgan fingerprint density at radius 1 is 1.20 bits per heavy atom. The average molecular weight is 309 g/mol. The lowest BCUT2D eigenvalue weighted by Gasteiger charge is -2.20. The molecule has 20 heavy (non-hydrogen) atoms. The molecule has 106 valence electrons. The zero-order valence-corrected chi connectivity index (χ0v) is 13.2. The molecule has 0 spiro atoms. The molecule has 0 aliphatic carbocycles. The SMILES string of the molecule is CCCNC(c1ccc(C)nc1)c1ccc(Cl)cc1Cl. The quantitative estimate of drug-likeness (QED) is 0.859. The van der Waals surface area contributed by atoms with Crippen LogP contribution in [0.25, 0.3) is 0 Å². The lowest BCUT2D eigenvalue weighted by Crippen LogP contribution is -2.23. The van der Waals surface area contributed by atoms with E-state index in [1.807, 2.05) is 31.3 Å². The molecule has 0 radical (unpaired) electrons. The van der Waals surface area contributed by atoms with E-state index < -0.39 is 0 Å². The van der Waals surface area contributed by atoms with Crippen LogP contribution in [0, 0.1) is 6.92 Å². The Morgan fingerprint density at radius 2 is 2.00 bits per heavy atom. The van der Waals surface area contributed by atoms with Crippen LogP contribution >= 0.6 is 23.2 Å². The fourth-order valence-corrected chi connectivity index (χ4v) is 2.60. The third kappa shape index (κ3) is 3.72. The number of hydrogen-bond donors (Lipinski definition) is 1. The summed E-state index contributed by atoms with van der Waals surface area (Å²) in [5.74, 6) is 0. The molecule has 2 nitrogen and oxygen atoms in total. The zero-order chi connectivity index (χ0) is 14.5. The lowest BCUT2D eigenvalue weighted by atomic mass is 9.99. The maximum Gasteiger partial charge on any atom is 0.0606 e. The van der Waals surface area contributed by atoms with Gasteiger partial charge in [-0.15, -0.1) is 0 Å². The lowest BCUT2D eigenvalue weighted by molar-refractivity contribution is 0.597. The summed E-state index contributed by atoms with van der Waals surface area (Å²) in [5.41, 5.74) is 3.13. The van der Waals surface area contributed by atoms with Gasteiger partial charge in [0, 0.05) is 21.9 Å². The van der Waals surface area contributed by atoms with Gasteiger partial charge in [0.15, 0.2) is 0 Å². The summed E-state index contributed by atoms with van der Waals surface area (Å²) >= 11 is 12.3. The van der Waals surface area contributed by atoms with Crippen molar-refractivity contribution >= 4 is 23.2 Å². The highest BCUT2D eigenvalue weighted by atomic mass is 35.5. The molecule has 2 rings (SSSR count). The van der Waals surface area contributed by atoms with E-state index in [1.165, 1.54) is 0 Å². The molecule has 0 saturated carbocycles. The second-order valence-corrected chi connectivity index (χ2v) is 5.63. The highest BCUT2D eigenvalue weighted by Crippen LogP contribution is 2.30. The normalized spacial score (nSPS) is 12.4. The van der Waals surface area contributed by atoms with Gasteiger partial charge in [-0.1, -0.05) is 42.3 Å². The fraction of sp³-hybridized carbons (Fsp3) is 0.312. The van der Waals surface area contributed by atoms with Crippen molar-refractivity contribution in [3.8, 4) is 0 Å². The van der Waals surface area contributed by atoms with E-state index in [4.69, 9.17) is 23.2 Å². The van der Waals surface area contributed by atoms with Crippen molar-refractivity contribution in [2.45, 2.75) is 26.3 Å². The van der Waals surface area contributed by atoms with Crippen LogP contribution in [0.3, 0.4) is 0 Å². The average Bonchev–Trinajstić information content (AvgIpc) is 2.42. The summed E-state index contributed by atoms with van der Waals surface area (Å²) in [6, 6.07) is 9.75. The predicted molar refractivity (Wildman–Crippen MR) is 85.6 cm³/mol. The summed E-state index contributed by atoms with van der Waals surface area (Å²) in [6.07, 6.45) is 2.95. The molecule has 1 atom stereocenters. The first kappa shape index (κ1) is 15.3. The van der Waals surface area contributed by atoms with Crippen molar-refractivity contribution in [1.29, 1.82) is 0 Å². The van der Waals surface area contributed by atoms with E-state index in [-0.39, 0.29) is 6.04 Å². The molecule has 0 fully saturated rings. The highest BCUT2D eigenvalue weighted by Gasteiger charge is 2.16. The number of hydrogen-bond acceptors (Lipinski definition) is 2. The van der Waals surface area contributed by atoms with Crippen LogP contribution in [0.4, 0.5) is 0 Å². The summed E-state index contributed by atoms with van der Waals surface area (Å²) in [7, 11) is 0. The van der Waals surface area contributed by atoms with Crippen molar-refractivity contribution in [3.05, 3.63) is 63.4 Å². The predicted octanol–water partition coefficient (Wildman–Crippen LogP) is 4.79. The second-order valence-electron chi connectivity index (χ2n) is 4.79. The van der Waals surface area contributed by atoms with E-state index in [2.05, 4.69) is 23.3 Å². The maximum atomic E-state index is 6.34. The summed E-state index contributed by atoms with van der Waals surface area (Å²) in [4.78, 5) is 4.37. The molecule has 4 heteroatoms. The first-order valence-corrected chi connectivity index (χ1v) is 7.48. The molecule has 2 aromatic rings. The number of nitrogens with one attached hydrogen (secondary N) is 1. The Labute approximate surface area is 130 Å². The van der Waals surface area contributed by atoms with Crippen LogP contribution in [-0.2, 0) is 0 Å². The van der Waals surface area contributed by atoms with Crippen LogP contribution in [0.15, 0.2) is 36.5 Å². The Hall–Kier alpha value is -1.09. The molecule has 1 unspecified atom stereocenters. The maximum absolute atomic E-state index is 6.34. The minimum atomic E-state index is 0.0350. The van der Waals surface area contributed by atoms with Gasteiger partial charge in [0.25, 0.3) is 0 Å². The molecule has 0 saturated heterocycles. The number of benzene rings is 1. The minimum absolute atomic E-state index is 0.0350. The Morgan fingerprint density at radius 3 is 2.60 bits per heavy atom. The summed E-state index contributed by atoms with van der Waals surface area (Å²) in [5, 5.41) is 4.84. The smallest absolute Gasteiger partial charge is 0.0606 e. The highest BCUT2D eigenvalue weighted by molar-refractivity contribution is 6.35. The van der Waals surface area contributed by atoms with Crippen molar-refractivity contribution in [3.63, 3.8) is 0 Å². The van der Waals surface area contributed by atoms with Gasteiger partial charge in [-0.2, -0.15) is 0 Å². The monoisotopic (exact) mass is 308 g/mol. The molecule has 0 bridgehead atoms. The van der Waals surface area contributed by atoms with Gasteiger partial charge in [-0.25, -0.2) is 0 Å². The molecule has 0 aliphatic rings. The fourth-order valence-electron chi connectivity index (χ4n) is 2.08. The number of aryl methyl sites for hydroxylation is 1. The topological polar surface area (TPSA) is 24.9 Å². The van der Waals surface area contributed by atoms with Crippen molar-refractivity contribution in [2.24, 2.45) is 0 Å². The Kier molecular flexibility index (Phi) is 5.41. The van der Waals surface area contributed by atoms with E-state index in [1.54, 1.807) is 6.07 Å². The third-order valence-electron chi connectivity index (χ3n) is 3.14. The molecular formula is C16H18Cl2N2. The minimum Gasteiger partial charge on any atom is -0.306 e. The Balaban J connectivity index is 2.38. The summed E-state index contributed by atoms with van der Waals surface area (Å²) < 4.78 is 0. The largest absolute Gasteiger partial charge is 0.306 e. The Bertz CT molecular complexity index is 567. The second kappa shape index (κ2) is 7.07. The van der Waals surface area contributed by atoms with Crippen LogP contribution < -0.4 is 5.32 Å². The van der Waals surface area contributed by atoms with Crippen LogP contribution in [0.1, 0.15) is 36.2 Å². The number of halogens is 2. The van der Waals surface area contributed by atoms with E-state index >= 15 is 0 Å². The van der Waals surface area contributed by atoms with Crippen LogP contribution in [0.5, 0.6) is 0 Å². The molecule has 1 heterocycles. The third-order valence-corrected chi connectivity index (χ3v) is 3.70. The van der Waals surface area contributed by atoms with Gasteiger partial charge in [0.2, 0.25) is 0 Å². The van der Waals surface area contributed by atoms with Gasteiger partial charge < -0.3 is 5.32 Å².